The molecule has 1 rings (SSSR count). The van der Waals surface area contributed by atoms with Gasteiger partial charge < -0.3 is 10.2 Å². The van der Waals surface area contributed by atoms with Crippen LogP contribution in [0.4, 0.5) is 0 Å². The molecule has 4 nitrogen and oxygen atoms in total. The van der Waals surface area contributed by atoms with Gasteiger partial charge in [0.25, 0.3) is 0 Å². The van der Waals surface area contributed by atoms with Crippen molar-refractivity contribution in [2.75, 3.05) is 0 Å². The molecule has 1 aliphatic carbocycles. The van der Waals surface area contributed by atoms with Gasteiger partial charge in [-0.25, -0.2) is 0 Å². The van der Waals surface area contributed by atoms with Gasteiger partial charge in [0.1, 0.15) is 0 Å². The third-order valence-electron chi connectivity index (χ3n) is 2.13. The molecule has 1 aliphatic rings. The lowest BCUT2D eigenvalue weighted by atomic mass is 9.98. The van der Waals surface area contributed by atoms with E-state index in [9.17, 15) is 9.59 Å². The molecule has 0 aliphatic heterocycles. The van der Waals surface area contributed by atoms with Crippen LogP contribution >= 0.6 is 0 Å². The Hall–Kier alpha value is -1.32. The molecule has 72 valence electrons. The number of rotatable bonds is 4. The van der Waals surface area contributed by atoms with Crippen molar-refractivity contribution in [1.29, 1.82) is 0 Å². The van der Waals surface area contributed by atoms with Crippen molar-refractivity contribution in [3.05, 3.63) is 12.2 Å². The van der Waals surface area contributed by atoms with E-state index in [4.69, 9.17) is 10.2 Å². The monoisotopic (exact) mass is 184 g/mol. The van der Waals surface area contributed by atoms with Gasteiger partial charge in [0.15, 0.2) is 0 Å². The Kier molecular flexibility index (Phi) is 3.06. The van der Waals surface area contributed by atoms with Crippen molar-refractivity contribution >= 4 is 11.9 Å². The third-order valence-corrected chi connectivity index (χ3v) is 2.13. The molecule has 0 saturated carbocycles. The fourth-order valence-electron chi connectivity index (χ4n) is 1.61. The summed E-state index contributed by atoms with van der Waals surface area (Å²) in [5.41, 5.74) is 0. The highest BCUT2D eigenvalue weighted by Gasteiger charge is 2.22. The van der Waals surface area contributed by atoms with E-state index in [1.165, 1.54) is 0 Å². The fraction of sp³-hybridized carbons (Fsp3) is 0.556. The molecule has 0 saturated heterocycles. The summed E-state index contributed by atoms with van der Waals surface area (Å²) in [5.74, 6) is -1.63. The number of carboxylic acids is 2. The highest BCUT2D eigenvalue weighted by molar-refractivity contribution is 5.68. The first-order chi connectivity index (χ1) is 6.08. The van der Waals surface area contributed by atoms with Gasteiger partial charge in [-0.15, -0.1) is 0 Å². The molecule has 0 unspecified atom stereocenters. The lowest BCUT2D eigenvalue weighted by molar-refractivity contribution is -0.138. The van der Waals surface area contributed by atoms with Gasteiger partial charge in [0.05, 0.1) is 12.8 Å². The van der Waals surface area contributed by atoms with E-state index < -0.39 is 11.9 Å². The molecule has 0 heterocycles. The second kappa shape index (κ2) is 4.07. The smallest absolute Gasteiger partial charge is 0.303 e. The van der Waals surface area contributed by atoms with Crippen molar-refractivity contribution < 1.29 is 19.8 Å². The van der Waals surface area contributed by atoms with Gasteiger partial charge in [-0.3, -0.25) is 9.59 Å². The molecule has 0 amide bonds. The number of allylic oxidation sites excluding steroid dienone is 2. The second-order valence-electron chi connectivity index (χ2n) is 3.34. The van der Waals surface area contributed by atoms with Crippen LogP contribution in [0.25, 0.3) is 0 Å². The second-order valence-corrected chi connectivity index (χ2v) is 3.34. The van der Waals surface area contributed by atoms with E-state index in [2.05, 4.69) is 0 Å². The first kappa shape index (κ1) is 9.77. The standard InChI is InChI=1S/C9H12O4/c10-8(11)4-6-1-2-7(3-6)5-9(12)13/h1-2,6-7H,3-5H2,(H,10,11)(H,12,13)/t6-,7-/m0/s1. The van der Waals surface area contributed by atoms with Crippen LogP contribution in [0.1, 0.15) is 19.3 Å². The van der Waals surface area contributed by atoms with Gasteiger partial charge >= 0.3 is 11.9 Å². The minimum atomic E-state index is -0.828. The SMILES string of the molecule is O=C(O)C[C@H]1C=C[C@H](CC(=O)O)C1. The summed E-state index contributed by atoms with van der Waals surface area (Å²) in [6.07, 6.45) is 4.47. The van der Waals surface area contributed by atoms with Crippen LogP contribution in [-0.2, 0) is 9.59 Å². The van der Waals surface area contributed by atoms with Crippen LogP contribution < -0.4 is 0 Å². The number of carboxylic acid groups (broad SMARTS) is 2. The predicted octanol–water partition coefficient (Wildman–Crippen LogP) is 1.13. The average molecular weight is 184 g/mol. The number of carbonyl (C=O) groups is 2. The zero-order chi connectivity index (χ0) is 9.84. The van der Waals surface area contributed by atoms with Crippen molar-refractivity contribution in [3.8, 4) is 0 Å². The fourth-order valence-corrected chi connectivity index (χ4v) is 1.61. The third kappa shape index (κ3) is 3.27. The summed E-state index contributed by atoms with van der Waals surface area (Å²) in [6.45, 7) is 0. The van der Waals surface area contributed by atoms with Crippen LogP contribution in [0.15, 0.2) is 12.2 Å². The van der Waals surface area contributed by atoms with E-state index >= 15 is 0 Å². The topological polar surface area (TPSA) is 74.6 Å². The number of aliphatic carboxylic acids is 2. The van der Waals surface area contributed by atoms with E-state index in [0.29, 0.717) is 6.42 Å². The first-order valence-electron chi connectivity index (χ1n) is 4.20. The maximum absolute atomic E-state index is 10.3. The summed E-state index contributed by atoms with van der Waals surface area (Å²) >= 11 is 0. The molecule has 2 atom stereocenters. The van der Waals surface area contributed by atoms with Crippen LogP contribution in [0.5, 0.6) is 0 Å². The quantitative estimate of drug-likeness (QED) is 0.642. The van der Waals surface area contributed by atoms with E-state index in [0.717, 1.165) is 0 Å². The Labute approximate surface area is 75.9 Å². The van der Waals surface area contributed by atoms with Crippen LogP contribution in [0.3, 0.4) is 0 Å². The maximum atomic E-state index is 10.3. The normalized spacial score (nSPS) is 26.2. The molecule has 0 spiro atoms. The minimum absolute atomic E-state index is 0.0156. The molecule has 4 heteroatoms. The van der Waals surface area contributed by atoms with E-state index in [1.807, 2.05) is 12.2 Å². The molecule has 0 aromatic rings. The number of hydrogen-bond acceptors (Lipinski definition) is 2. The lowest BCUT2D eigenvalue weighted by Gasteiger charge is -2.07. The van der Waals surface area contributed by atoms with Crippen molar-refractivity contribution in [2.24, 2.45) is 11.8 Å². The average Bonchev–Trinajstić information content (AvgIpc) is 2.33. The van der Waals surface area contributed by atoms with Crippen LogP contribution in [-0.4, -0.2) is 22.2 Å². The number of hydrogen-bond donors (Lipinski definition) is 2. The minimum Gasteiger partial charge on any atom is -0.481 e. The van der Waals surface area contributed by atoms with Gasteiger partial charge in [-0.1, -0.05) is 12.2 Å². The van der Waals surface area contributed by atoms with Crippen molar-refractivity contribution in [2.45, 2.75) is 19.3 Å². The predicted molar refractivity (Wildman–Crippen MR) is 45.2 cm³/mol. The van der Waals surface area contributed by atoms with E-state index in [1.54, 1.807) is 0 Å². The molecule has 0 aromatic heterocycles. The summed E-state index contributed by atoms with van der Waals surface area (Å²) in [6, 6.07) is 0. The summed E-state index contributed by atoms with van der Waals surface area (Å²) in [7, 11) is 0. The summed E-state index contributed by atoms with van der Waals surface area (Å²) < 4.78 is 0. The molecular formula is C9H12O4. The van der Waals surface area contributed by atoms with E-state index in [-0.39, 0.29) is 24.7 Å². The largest absolute Gasteiger partial charge is 0.481 e. The molecule has 13 heavy (non-hydrogen) atoms. The first-order valence-corrected chi connectivity index (χ1v) is 4.20. The molecule has 0 fully saturated rings. The Morgan fingerprint density at radius 1 is 1.08 bits per heavy atom. The van der Waals surface area contributed by atoms with Crippen molar-refractivity contribution in [1.82, 2.24) is 0 Å². The lowest BCUT2D eigenvalue weighted by Crippen LogP contribution is -2.07. The zero-order valence-electron chi connectivity index (χ0n) is 7.14. The van der Waals surface area contributed by atoms with Crippen molar-refractivity contribution in [3.63, 3.8) is 0 Å². The summed E-state index contributed by atoms with van der Waals surface area (Å²) in [4.78, 5) is 20.7. The Balaban J connectivity index is 2.33. The maximum Gasteiger partial charge on any atom is 0.303 e. The Morgan fingerprint density at radius 2 is 1.46 bits per heavy atom. The van der Waals surface area contributed by atoms with Crippen LogP contribution in [0, 0.1) is 11.8 Å². The summed E-state index contributed by atoms with van der Waals surface area (Å²) in [5, 5.41) is 17.0. The van der Waals surface area contributed by atoms with Gasteiger partial charge in [-0.05, 0) is 18.3 Å². The highest BCUT2D eigenvalue weighted by Crippen LogP contribution is 2.28. The Bertz CT molecular complexity index is 220. The molecule has 2 N–H and O–H groups in total. The molecule has 0 aromatic carbocycles. The van der Waals surface area contributed by atoms with Crippen LogP contribution in [0.2, 0.25) is 0 Å². The Morgan fingerprint density at radius 3 is 1.77 bits per heavy atom. The molecule has 0 bridgehead atoms. The molecule has 0 radical (unpaired) electrons. The zero-order valence-corrected chi connectivity index (χ0v) is 7.14. The van der Waals surface area contributed by atoms with Gasteiger partial charge in [-0.2, -0.15) is 0 Å². The molecular weight excluding hydrogens is 172 g/mol. The highest BCUT2D eigenvalue weighted by atomic mass is 16.4. The van der Waals surface area contributed by atoms with Gasteiger partial charge in [0.2, 0.25) is 0 Å². The van der Waals surface area contributed by atoms with Gasteiger partial charge in [0, 0.05) is 0 Å².